The summed E-state index contributed by atoms with van der Waals surface area (Å²) in [5.74, 6) is 1.02. The zero-order valence-corrected chi connectivity index (χ0v) is 16.3. The third kappa shape index (κ3) is 5.89. The van der Waals surface area contributed by atoms with E-state index in [1.54, 1.807) is 6.20 Å². The van der Waals surface area contributed by atoms with Gasteiger partial charge in [-0.2, -0.15) is 0 Å². The number of nitrogens with zero attached hydrogens (tertiary/aromatic N) is 2. The molecule has 7 heteroatoms. The van der Waals surface area contributed by atoms with Gasteiger partial charge in [-0.15, -0.1) is 0 Å². The van der Waals surface area contributed by atoms with Crippen molar-refractivity contribution in [2.75, 3.05) is 44.7 Å². The molecule has 0 bridgehead atoms. The average Bonchev–Trinajstić information content (AvgIpc) is 2.89. The molecule has 2 aliphatic heterocycles. The Bertz CT molecular complexity index is 606. The van der Waals surface area contributed by atoms with Crippen LogP contribution in [0.2, 0.25) is 0 Å². The van der Waals surface area contributed by atoms with Gasteiger partial charge in [0.1, 0.15) is 5.82 Å². The molecule has 2 atom stereocenters. The van der Waals surface area contributed by atoms with Crippen LogP contribution in [0.5, 0.6) is 0 Å². The summed E-state index contributed by atoms with van der Waals surface area (Å²) in [5.41, 5.74) is 7.38. The molecule has 1 amide bonds. The number of hydrogen-bond acceptors (Lipinski definition) is 6. The second-order valence-electron chi connectivity index (χ2n) is 7.72. The van der Waals surface area contributed by atoms with Gasteiger partial charge in [0.25, 0.3) is 0 Å². The van der Waals surface area contributed by atoms with Gasteiger partial charge in [0.05, 0.1) is 5.92 Å². The van der Waals surface area contributed by atoms with Gasteiger partial charge in [-0.05, 0) is 44.2 Å². The minimum atomic E-state index is 0.0120. The molecule has 0 unspecified atom stereocenters. The molecule has 2 fully saturated rings. The lowest BCUT2D eigenvalue weighted by Crippen LogP contribution is -2.47. The lowest BCUT2D eigenvalue weighted by molar-refractivity contribution is -0.125. The van der Waals surface area contributed by atoms with Crippen molar-refractivity contribution in [3.05, 3.63) is 23.9 Å². The van der Waals surface area contributed by atoms with Crippen LogP contribution in [0.4, 0.5) is 5.82 Å². The Morgan fingerprint density at radius 2 is 2.07 bits per heavy atom. The SMILES string of the molecule is Cc1cccnc1NCCNC(=O)[C@@H]1CC[C@H](N)CN(C2CCOCC2)C1. The lowest BCUT2D eigenvalue weighted by Gasteiger charge is -2.35. The van der Waals surface area contributed by atoms with Crippen molar-refractivity contribution < 1.29 is 9.53 Å². The molecule has 4 N–H and O–H groups in total. The van der Waals surface area contributed by atoms with E-state index in [0.29, 0.717) is 19.1 Å². The average molecular weight is 376 g/mol. The van der Waals surface area contributed by atoms with Crippen LogP contribution in [0.1, 0.15) is 31.2 Å². The van der Waals surface area contributed by atoms with Crippen LogP contribution in [0.25, 0.3) is 0 Å². The molecule has 3 heterocycles. The van der Waals surface area contributed by atoms with Crippen LogP contribution in [-0.2, 0) is 9.53 Å². The third-order valence-corrected chi connectivity index (χ3v) is 5.61. The van der Waals surface area contributed by atoms with E-state index in [4.69, 9.17) is 10.5 Å². The molecular formula is C20H33N5O2. The lowest BCUT2D eigenvalue weighted by atomic mass is 10.0. The van der Waals surface area contributed by atoms with E-state index < -0.39 is 0 Å². The maximum absolute atomic E-state index is 12.7. The van der Waals surface area contributed by atoms with Crippen molar-refractivity contribution in [2.45, 2.75) is 44.7 Å². The highest BCUT2D eigenvalue weighted by Gasteiger charge is 2.31. The van der Waals surface area contributed by atoms with Gasteiger partial charge >= 0.3 is 0 Å². The van der Waals surface area contributed by atoms with Gasteiger partial charge in [-0.25, -0.2) is 4.98 Å². The molecule has 0 radical (unpaired) electrons. The molecule has 3 rings (SSSR count). The highest BCUT2D eigenvalue weighted by atomic mass is 16.5. The van der Waals surface area contributed by atoms with Crippen LogP contribution in [0.3, 0.4) is 0 Å². The fraction of sp³-hybridized carbons (Fsp3) is 0.700. The van der Waals surface area contributed by atoms with E-state index in [1.807, 2.05) is 19.1 Å². The first-order valence-electron chi connectivity index (χ1n) is 10.1. The van der Waals surface area contributed by atoms with Crippen molar-refractivity contribution in [1.82, 2.24) is 15.2 Å². The van der Waals surface area contributed by atoms with E-state index in [9.17, 15) is 4.79 Å². The van der Waals surface area contributed by atoms with Gasteiger partial charge in [0.15, 0.2) is 0 Å². The molecule has 1 aromatic rings. The minimum Gasteiger partial charge on any atom is -0.381 e. The van der Waals surface area contributed by atoms with E-state index in [-0.39, 0.29) is 17.9 Å². The molecule has 150 valence electrons. The number of amides is 1. The number of hydrogen-bond donors (Lipinski definition) is 3. The molecule has 0 aliphatic carbocycles. The summed E-state index contributed by atoms with van der Waals surface area (Å²) < 4.78 is 5.48. The molecule has 2 saturated heterocycles. The number of anilines is 1. The van der Waals surface area contributed by atoms with E-state index in [1.165, 1.54) is 0 Å². The number of rotatable bonds is 6. The van der Waals surface area contributed by atoms with Crippen molar-refractivity contribution in [3.8, 4) is 0 Å². The first-order valence-corrected chi connectivity index (χ1v) is 10.1. The second kappa shape index (κ2) is 10.0. The standard InChI is InChI=1S/C20H33N5O2/c1-15-3-2-8-22-19(15)23-9-10-24-20(26)16-4-5-17(21)14-25(13-16)18-6-11-27-12-7-18/h2-3,8,16-18H,4-7,9-14,21H2,1H3,(H,22,23)(H,24,26)/t16-,17+/m1/s1. The minimum absolute atomic E-state index is 0.0120. The Morgan fingerprint density at radius 3 is 2.85 bits per heavy atom. The fourth-order valence-electron chi connectivity index (χ4n) is 4.00. The zero-order chi connectivity index (χ0) is 19.1. The van der Waals surface area contributed by atoms with Gasteiger partial charge in [-0.1, -0.05) is 6.07 Å². The molecule has 0 aromatic carbocycles. The molecule has 0 saturated carbocycles. The summed E-state index contributed by atoms with van der Waals surface area (Å²) >= 11 is 0. The van der Waals surface area contributed by atoms with Crippen LogP contribution in [0.15, 0.2) is 18.3 Å². The highest BCUT2D eigenvalue weighted by Crippen LogP contribution is 2.22. The maximum Gasteiger partial charge on any atom is 0.224 e. The number of aryl methyl sites for hydroxylation is 1. The van der Waals surface area contributed by atoms with Crippen molar-refractivity contribution in [3.63, 3.8) is 0 Å². The molecule has 2 aliphatic rings. The highest BCUT2D eigenvalue weighted by molar-refractivity contribution is 5.79. The summed E-state index contributed by atoms with van der Waals surface area (Å²) in [6.45, 7) is 6.59. The summed E-state index contributed by atoms with van der Waals surface area (Å²) in [6.07, 6.45) is 5.61. The Morgan fingerprint density at radius 1 is 1.26 bits per heavy atom. The summed E-state index contributed by atoms with van der Waals surface area (Å²) in [7, 11) is 0. The predicted molar refractivity (Wildman–Crippen MR) is 107 cm³/mol. The van der Waals surface area contributed by atoms with Crippen molar-refractivity contribution in [2.24, 2.45) is 11.7 Å². The summed E-state index contributed by atoms with van der Waals surface area (Å²) in [5, 5.41) is 6.37. The monoisotopic (exact) mass is 375 g/mol. The number of aromatic nitrogens is 1. The normalized spacial score (nSPS) is 25.0. The first kappa shape index (κ1) is 20.0. The van der Waals surface area contributed by atoms with Crippen LogP contribution in [0, 0.1) is 12.8 Å². The third-order valence-electron chi connectivity index (χ3n) is 5.61. The van der Waals surface area contributed by atoms with Gasteiger partial charge in [-0.3, -0.25) is 9.69 Å². The zero-order valence-electron chi connectivity index (χ0n) is 16.3. The Kier molecular flexibility index (Phi) is 7.43. The quantitative estimate of drug-likeness (QED) is 0.646. The largest absolute Gasteiger partial charge is 0.381 e. The Balaban J connectivity index is 1.46. The number of likely N-dealkylation sites (tertiary alicyclic amines) is 1. The summed E-state index contributed by atoms with van der Waals surface area (Å²) in [6, 6.07) is 4.59. The summed E-state index contributed by atoms with van der Waals surface area (Å²) in [4.78, 5) is 19.5. The van der Waals surface area contributed by atoms with E-state index in [0.717, 1.165) is 63.4 Å². The molecule has 27 heavy (non-hydrogen) atoms. The van der Waals surface area contributed by atoms with E-state index >= 15 is 0 Å². The van der Waals surface area contributed by atoms with Gasteiger partial charge in [0, 0.05) is 57.7 Å². The fourth-order valence-corrected chi connectivity index (χ4v) is 4.00. The van der Waals surface area contributed by atoms with Gasteiger partial charge in [0.2, 0.25) is 5.91 Å². The topological polar surface area (TPSA) is 92.5 Å². The smallest absolute Gasteiger partial charge is 0.224 e. The van der Waals surface area contributed by atoms with Crippen molar-refractivity contribution in [1.29, 1.82) is 0 Å². The first-order chi connectivity index (χ1) is 13.1. The number of nitrogens with two attached hydrogens (primary N) is 1. The Hall–Kier alpha value is -1.70. The van der Waals surface area contributed by atoms with Crippen molar-refractivity contribution >= 4 is 11.7 Å². The Labute approximate surface area is 162 Å². The second-order valence-corrected chi connectivity index (χ2v) is 7.72. The number of nitrogens with one attached hydrogen (secondary N) is 2. The number of carbonyl (C=O) groups is 1. The molecule has 1 aromatic heterocycles. The molecule has 0 spiro atoms. The number of carbonyl (C=O) groups excluding carboxylic acids is 1. The van der Waals surface area contributed by atoms with Crippen LogP contribution in [-0.4, -0.2) is 67.3 Å². The molecular weight excluding hydrogens is 342 g/mol. The van der Waals surface area contributed by atoms with Crippen LogP contribution >= 0.6 is 0 Å². The van der Waals surface area contributed by atoms with E-state index in [2.05, 4.69) is 20.5 Å². The number of pyridine rings is 1. The van der Waals surface area contributed by atoms with Gasteiger partial charge < -0.3 is 21.1 Å². The van der Waals surface area contributed by atoms with Crippen LogP contribution < -0.4 is 16.4 Å². The predicted octanol–water partition coefficient (Wildman–Crippen LogP) is 1.14. The molecule has 7 nitrogen and oxygen atoms in total. The number of ether oxygens (including phenoxy) is 1. The maximum atomic E-state index is 12.7.